The van der Waals surface area contributed by atoms with Gasteiger partial charge in [0, 0.05) is 0 Å². The van der Waals surface area contributed by atoms with E-state index in [1.807, 2.05) is 18.2 Å². The average Bonchev–Trinajstić information content (AvgIpc) is 2.89. The van der Waals surface area contributed by atoms with E-state index < -0.39 is 3.42 Å². The maximum absolute atomic E-state index is 12.0. The number of alkyl halides is 1. The summed E-state index contributed by atoms with van der Waals surface area (Å²) in [6.45, 7) is 0. The van der Waals surface area contributed by atoms with Crippen molar-refractivity contribution in [2.24, 2.45) is 5.92 Å². The first-order chi connectivity index (χ1) is 7.14. The van der Waals surface area contributed by atoms with Crippen molar-refractivity contribution in [1.29, 1.82) is 0 Å². The number of carbonyl (C=O) groups excluding carboxylic acids is 2. The van der Waals surface area contributed by atoms with Crippen molar-refractivity contribution in [1.82, 2.24) is 0 Å². The summed E-state index contributed by atoms with van der Waals surface area (Å²) >= 11 is 2.11. The zero-order valence-electron chi connectivity index (χ0n) is 7.81. The first-order valence-electron chi connectivity index (χ1n) is 4.77. The summed E-state index contributed by atoms with van der Waals surface area (Å²) in [7, 11) is 0. The summed E-state index contributed by atoms with van der Waals surface area (Å²) in [6, 6.07) is 9.12. The molecular formula is C11H8INO2. The van der Waals surface area contributed by atoms with E-state index in [9.17, 15) is 9.59 Å². The van der Waals surface area contributed by atoms with E-state index in [1.165, 1.54) is 4.90 Å². The van der Waals surface area contributed by atoms with E-state index in [4.69, 9.17) is 0 Å². The molecule has 1 aliphatic carbocycles. The van der Waals surface area contributed by atoms with Crippen LogP contribution in [0.2, 0.25) is 0 Å². The number of rotatable bonds is 1. The number of hydrogen-bond acceptors (Lipinski definition) is 2. The Bertz CT molecular complexity index is 459. The molecule has 15 heavy (non-hydrogen) atoms. The topological polar surface area (TPSA) is 37.4 Å². The number of para-hydroxylation sites is 1. The molecule has 1 aromatic rings. The third kappa shape index (κ3) is 1.11. The lowest BCUT2D eigenvalue weighted by molar-refractivity contribution is -0.123. The molecule has 2 fully saturated rings. The minimum Gasteiger partial charge on any atom is -0.274 e. The second-order valence-corrected chi connectivity index (χ2v) is 5.86. The highest BCUT2D eigenvalue weighted by molar-refractivity contribution is 14.1. The molecule has 2 unspecified atom stereocenters. The van der Waals surface area contributed by atoms with E-state index in [1.54, 1.807) is 12.1 Å². The molecule has 3 nitrogen and oxygen atoms in total. The van der Waals surface area contributed by atoms with Crippen molar-refractivity contribution < 1.29 is 9.59 Å². The van der Waals surface area contributed by atoms with Crippen molar-refractivity contribution in [3.05, 3.63) is 30.3 Å². The minimum absolute atomic E-state index is 0.0411. The highest BCUT2D eigenvalue weighted by atomic mass is 127. The predicted octanol–water partition coefficient (Wildman–Crippen LogP) is 1.75. The lowest BCUT2D eigenvalue weighted by atomic mass is 10.3. The lowest BCUT2D eigenvalue weighted by Crippen LogP contribution is -2.35. The van der Waals surface area contributed by atoms with Crippen LogP contribution in [0.5, 0.6) is 0 Å². The first kappa shape index (κ1) is 9.33. The van der Waals surface area contributed by atoms with Gasteiger partial charge in [0.1, 0.15) is 3.42 Å². The van der Waals surface area contributed by atoms with Crippen molar-refractivity contribution in [2.45, 2.75) is 9.84 Å². The van der Waals surface area contributed by atoms with Gasteiger partial charge in [-0.3, -0.25) is 9.59 Å². The average molecular weight is 313 g/mol. The summed E-state index contributed by atoms with van der Waals surface area (Å²) in [5.41, 5.74) is 0.691. The fourth-order valence-corrected chi connectivity index (χ4v) is 2.97. The number of halogens is 1. The van der Waals surface area contributed by atoms with Gasteiger partial charge in [-0.2, -0.15) is 0 Å². The molecule has 2 aliphatic rings. The zero-order chi connectivity index (χ0) is 10.6. The minimum atomic E-state index is -0.426. The molecule has 2 atom stereocenters. The number of hydrogen-bond donors (Lipinski definition) is 0. The largest absolute Gasteiger partial charge is 0.274 e. The SMILES string of the molecule is O=C1C2CC2(I)C(=O)N1c1ccccc1. The molecule has 2 amide bonds. The van der Waals surface area contributed by atoms with Gasteiger partial charge >= 0.3 is 0 Å². The molecule has 1 aliphatic heterocycles. The molecule has 0 spiro atoms. The van der Waals surface area contributed by atoms with Gasteiger partial charge < -0.3 is 0 Å². The summed E-state index contributed by atoms with van der Waals surface area (Å²) < 4.78 is -0.426. The van der Waals surface area contributed by atoms with Crippen molar-refractivity contribution in [3.63, 3.8) is 0 Å². The van der Waals surface area contributed by atoms with E-state index in [0.717, 1.165) is 0 Å². The normalized spacial score (nSPS) is 33.1. The Morgan fingerprint density at radius 1 is 1.27 bits per heavy atom. The third-order valence-corrected chi connectivity index (χ3v) is 4.64. The summed E-state index contributed by atoms with van der Waals surface area (Å²) in [4.78, 5) is 25.2. The van der Waals surface area contributed by atoms with Crippen LogP contribution in [-0.2, 0) is 9.59 Å². The van der Waals surface area contributed by atoms with E-state index in [2.05, 4.69) is 22.6 Å². The van der Waals surface area contributed by atoms with Gasteiger partial charge in [-0.25, -0.2) is 4.90 Å². The number of imide groups is 1. The van der Waals surface area contributed by atoms with Crippen LogP contribution < -0.4 is 4.90 Å². The number of anilines is 1. The molecular weight excluding hydrogens is 305 g/mol. The monoisotopic (exact) mass is 313 g/mol. The molecule has 1 saturated heterocycles. The number of nitrogens with zero attached hydrogens (tertiary/aromatic N) is 1. The Morgan fingerprint density at radius 3 is 2.47 bits per heavy atom. The Labute approximate surface area is 101 Å². The second-order valence-electron chi connectivity index (χ2n) is 3.93. The predicted molar refractivity (Wildman–Crippen MR) is 63.8 cm³/mol. The summed E-state index contributed by atoms with van der Waals surface area (Å²) in [5.74, 6) is -0.171. The number of fused-ring (bicyclic) bond motifs is 1. The molecule has 1 heterocycles. The fraction of sp³-hybridized carbons (Fsp3) is 0.273. The van der Waals surface area contributed by atoms with Crippen LogP contribution in [-0.4, -0.2) is 15.2 Å². The summed E-state index contributed by atoms with van der Waals surface area (Å²) in [5, 5.41) is 0. The van der Waals surface area contributed by atoms with Gasteiger partial charge in [0.2, 0.25) is 5.91 Å². The maximum Gasteiger partial charge on any atom is 0.250 e. The van der Waals surface area contributed by atoms with Crippen LogP contribution in [0.15, 0.2) is 30.3 Å². The third-order valence-electron chi connectivity index (χ3n) is 2.98. The molecule has 4 heteroatoms. The van der Waals surface area contributed by atoms with E-state index in [-0.39, 0.29) is 17.7 Å². The van der Waals surface area contributed by atoms with Crippen molar-refractivity contribution in [3.8, 4) is 0 Å². The van der Waals surface area contributed by atoms with Gasteiger partial charge in [0.15, 0.2) is 0 Å². The number of carbonyl (C=O) groups is 2. The zero-order valence-corrected chi connectivity index (χ0v) is 9.97. The highest BCUT2D eigenvalue weighted by Crippen LogP contribution is 2.58. The molecule has 0 radical (unpaired) electrons. The maximum atomic E-state index is 12.0. The first-order valence-corrected chi connectivity index (χ1v) is 5.85. The van der Waals surface area contributed by atoms with E-state index in [0.29, 0.717) is 12.1 Å². The number of piperidine rings is 1. The van der Waals surface area contributed by atoms with Gasteiger partial charge in [-0.05, 0) is 18.6 Å². The Hall–Kier alpha value is -0.910. The summed E-state index contributed by atoms with van der Waals surface area (Å²) in [6.07, 6.45) is 0.717. The molecule has 1 saturated carbocycles. The van der Waals surface area contributed by atoms with Gasteiger partial charge in [-0.1, -0.05) is 40.8 Å². The van der Waals surface area contributed by atoms with Crippen LogP contribution in [0.1, 0.15) is 6.42 Å². The lowest BCUT2D eigenvalue weighted by Gasteiger charge is -2.16. The van der Waals surface area contributed by atoms with E-state index >= 15 is 0 Å². The van der Waals surface area contributed by atoms with Crippen LogP contribution >= 0.6 is 22.6 Å². The Morgan fingerprint density at radius 2 is 1.93 bits per heavy atom. The fourth-order valence-electron chi connectivity index (χ4n) is 2.02. The smallest absolute Gasteiger partial charge is 0.250 e. The molecule has 0 aromatic heterocycles. The standard InChI is InChI=1S/C11H8INO2/c12-11-6-8(11)9(14)13(10(11)15)7-4-2-1-3-5-7/h1-5,8H,6H2. The van der Waals surface area contributed by atoms with Crippen molar-refractivity contribution >= 4 is 40.1 Å². The molecule has 76 valence electrons. The van der Waals surface area contributed by atoms with Gasteiger partial charge in [-0.15, -0.1) is 0 Å². The van der Waals surface area contributed by atoms with Crippen LogP contribution in [0.3, 0.4) is 0 Å². The van der Waals surface area contributed by atoms with Gasteiger partial charge in [0.05, 0.1) is 11.6 Å². The number of amides is 2. The highest BCUT2D eigenvalue weighted by Gasteiger charge is 2.70. The van der Waals surface area contributed by atoms with Gasteiger partial charge in [0.25, 0.3) is 5.91 Å². The quantitative estimate of drug-likeness (QED) is 0.450. The Balaban J connectivity index is 2.03. The molecule has 1 aromatic carbocycles. The van der Waals surface area contributed by atoms with Crippen LogP contribution in [0.25, 0.3) is 0 Å². The number of benzene rings is 1. The molecule has 0 N–H and O–H groups in total. The molecule has 0 bridgehead atoms. The van der Waals surface area contributed by atoms with Crippen LogP contribution in [0.4, 0.5) is 5.69 Å². The molecule has 3 rings (SSSR count). The second kappa shape index (κ2) is 2.81. The van der Waals surface area contributed by atoms with Crippen LogP contribution in [0, 0.1) is 5.92 Å². The van der Waals surface area contributed by atoms with Crippen molar-refractivity contribution in [2.75, 3.05) is 4.90 Å². The Kier molecular flexibility index (Phi) is 1.75.